The van der Waals surface area contributed by atoms with Crippen molar-refractivity contribution >= 4 is 56.1 Å². The highest BCUT2D eigenvalue weighted by Crippen LogP contribution is 2.41. The minimum atomic E-state index is 1.22. The number of aryl methyl sites for hydroxylation is 2. The van der Waals surface area contributed by atoms with E-state index in [9.17, 15) is 0 Å². The molecule has 42 heavy (non-hydrogen) atoms. The molecule has 0 atom stereocenters. The van der Waals surface area contributed by atoms with Gasteiger partial charge in [0, 0.05) is 39.0 Å². The molecule has 0 unspecified atom stereocenters. The Bertz CT molecular complexity index is 1590. The molecule has 0 radical (unpaired) electrons. The van der Waals surface area contributed by atoms with Gasteiger partial charge in [0.2, 0.25) is 0 Å². The first-order valence-corrected chi connectivity index (χ1v) is 18.9. The third kappa shape index (κ3) is 7.17. The SMILES string of the molecule is CCCCCCc1ccc(-c2ccc(-c3ccc4cc(-c5ccc(-c6ccc(CCCCCC)s6)s5)ccc4c3)s2)s1. The molecule has 0 saturated carbocycles. The first-order valence-electron chi connectivity index (χ1n) is 15.6. The number of hydrogen-bond acceptors (Lipinski definition) is 4. The van der Waals surface area contributed by atoms with Crippen LogP contribution in [-0.2, 0) is 12.8 Å². The number of hydrogen-bond donors (Lipinski definition) is 0. The molecular formula is C38H40S4. The fraction of sp³-hybridized carbons (Fsp3) is 0.316. The maximum Gasteiger partial charge on any atom is 0.0449 e. The zero-order chi connectivity index (χ0) is 28.7. The van der Waals surface area contributed by atoms with Crippen molar-refractivity contribution in [1.82, 2.24) is 0 Å². The number of benzene rings is 2. The van der Waals surface area contributed by atoms with Crippen molar-refractivity contribution in [2.45, 2.75) is 78.1 Å². The third-order valence-electron chi connectivity index (χ3n) is 7.98. The van der Waals surface area contributed by atoms with Crippen LogP contribution in [0.2, 0.25) is 0 Å². The fourth-order valence-electron chi connectivity index (χ4n) is 5.54. The van der Waals surface area contributed by atoms with Crippen molar-refractivity contribution in [3.05, 3.63) is 94.7 Å². The molecule has 0 spiro atoms. The van der Waals surface area contributed by atoms with Crippen molar-refractivity contribution in [1.29, 1.82) is 0 Å². The molecule has 0 nitrogen and oxygen atoms in total. The first-order chi connectivity index (χ1) is 20.7. The molecule has 4 aromatic heterocycles. The van der Waals surface area contributed by atoms with Gasteiger partial charge in [0.1, 0.15) is 0 Å². The molecule has 216 valence electrons. The molecular weight excluding hydrogens is 585 g/mol. The highest BCUT2D eigenvalue weighted by atomic mass is 32.1. The smallest absolute Gasteiger partial charge is 0.0449 e. The van der Waals surface area contributed by atoms with Crippen LogP contribution in [0.1, 0.15) is 75.0 Å². The number of rotatable bonds is 14. The first kappa shape index (κ1) is 29.6. The van der Waals surface area contributed by atoms with Gasteiger partial charge in [0.25, 0.3) is 0 Å². The molecule has 2 aromatic carbocycles. The van der Waals surface area contributed by atoms with Crippen LogP contribution in [0, 0.1) is 0 Å². The van der Waals surface area contributed by atoms with Gasteiger partial charge < -0.3 is 0 Å². The Kier molecular flexibility index (Phi) is 10.1. The normalized spacial score (nSPS) is 11.6. The standard InChI is InChI=1S/C38H40S4/c1-3-5-7-9-11-31-17-19-35(39-31)37-23-21-33(41-37)29-15-13-28-26-30(16-14-27(28)25-29)34-22-24-38(42-34)36-20-18-32(40-36)12-10-8-6-4-2/h13-26H,3-12H2,1-2H3. The highest BCUT2D eigenvalue weighted by molar-refractivity contribution is 7.24. The quantitative estimate of drug-likeness (QED) is 0.106. The molecule has 4 heterocycles. The third-order valence-corrected chi connectivity index (χ3v) is 12.9. The van der Waals surface area contributed by atoms with Gasteiger partial charge in [-0.05, 0) is 108 Å². The summed E-state index contributed by atoms with van der Waals surface area (Å²) < 4.78 is 0. The van der Waals surface area contributed by atoms with E-state index in [1.165, 1.54) is 125 Å². The lowest BCUT2D eigenvalue weighted by atomic mass is 10.0. The molecule has 0 saturated heterocycles. The van der Waals surface area contributed by atoms with Gasteiger partial charge in [-0.25, -0.2) is 0 Å². The van der Waals surface area contributed by atoms with Crippen LogP contribution in [0.3, 0.4) is 0 Å². The summed E-state index contributed by atoms with van der Waals surface area (Å²) in [6.07, 6.45) is 13.1. The summed E-state index contributed by atoms with van der Waals surface area (Å²) in [5.74, 6) is 0. The molecule has 0 bridgehead atoms. The Balaban J connectivity index is 1.13. The van der Waals surface area contributed by atoms with Gasteiger partial charge in [-0.15, -0.1) is 45.3 Å². The number of unbranched alkanes of at least 4 members (excludes halogenated alkanes) is 6. The highest BCUT2D eigenvalue weighted by Gasteiger charge is 2.11. The summed E-state index contributed by atoms with van der Waals surface area (Å²) in [6, 6.07) is 32.4. The second-order valence-electron chi connectivity index (χ2n) is 11.3. The van der Waals surface area contributed by atoms with E-state index in [1.54, 1.807) is 0 Å². The predicted molar refractivity (Wildman–Crippen MR) is 193 cm³/mol. The summed E-state index contributed by atoms with van der Waals surface area (Å²) in [6.45, 7) is 4.56. The van der Waals surface area contributed by atoms with Gasteiger partial charge in [-0.2, -0.15) is 0 Å². The van der Waals surface area contributed by atoms with Gasteiger partial charge in [0.15, 0.2) is 0 Å². The van der Waals surface area contributed by atoms with Crippen LogP contribution in [0.5, 0.6) is 0 Å². The van der Waals surface area contributed by atoms with E-state index in [0.717, 1.165) is 0 Å². The van der Waals surface area contributed by atoms with Crippen LogP contribution in [0.15, 0.2) is 84.9 Å². The fourth-order valence-corrected chi connectivity index (χ4v) is 9.83. The molecule has 0 fully saturated rings. The van der Waals surface area contributed by atoms with Crippen LogP contribution in [-0.4, -0.2) is 0 Å². The van der Waals surface area contributed by atoms with E-state index in [0.29, 0.717) is 0 Å². The molecule has 6 rings (SSSR count). The maximum absolute atomic E-state index is 2.36. The lowest BCUT2D eigenvalue weighted by Crippen LogP contribution is -1.80. The van der Waals surface area contributed by atoms with E-state index in [1.807, 2.05) is 45.3 Å². The van der Waals surface area contributed by atoms with E-state index in [-0.39, 0.29) is 0 Å². The van der Waals surface area contributed by atoms with Crippen LogP contribution in [0.25, 0.3) is 51.2 Å². The monoisotopic (exact) mass is 624 g/mol. The summed E-state index contributed by atoms with van der Waals surface area (Å²) in [5, 5.41) is 2.61. The van der Waals surface area contributed by atoms with Gasteiger partial charge in [0.05, 0.1) is 0 Å². The van der Waals surface area contributed by atoms with Crippen LogP contribution < -0.4 is 0 Å². The average Bonchev–Trinajstić information content (AvgIpc) is 3.84. The van der Waals surface area contributed by atoms with Crippen molar-refractivity contribution in [3.63, 3.8) is 0 Å². The van der Waals surface area contributed by atoms with Crippen LogP contribution in [0.4, 0.5) is 0 Å². The number of fused-ring (bicyclic) bond motifs is 1. The van der Waals surface area contributed by atoms with Crippen LogP contribution >= 0.6 is 45.3 Å². The largest absolute Gasteiger partial charge is 0.139 e. The second-order valence-corrected chi connectivity index (χ2v) is 15.8. The molecule has 0 aliphatic carbocycles. The molecule has 0 N–H and O–H groups in total. The lowest BCUT2D eigenvalue weighted by Gasteiger charge is -2.05. The average molecular weight is 625 g/mol. The molecule has 6 aromatic rings. The van der Waals surface area contributed by atoms with Crippen molar-refractivity contribution in [3.8, 4) is 40.4 Å². The van der Waals surface area contributed by atoms with E-state index >= 15 is 0 Å². The minimum absolute atomic E-state index is 1.22. The summed E-state index contributed by atoms with van der Waals surface area (Å²) in [7, 11) is 0. The molecule has 0 aliphatic heterocycles. The van der Waals surface area contributed by atoms with E-state index in [4.69, 9.17) is 0 Å². The maximum atomic E-state index is 2.36. The number of thiophene rings is 4. The topological polar surface area (TPSA) is 0 Å². The molecule has 4 heteroatoms. The van der Waals surface area contributed by atoms with E-state index < -0.39 is 0 Å². The zero-order valence-electron chi connectivity index (χ0n) is 24.8. The van der Waals surface area contributed by atoms with Gasteiger partial charge in [-0.1, -0.05) is 76.6 Å². The summed E-state index contributed by atoms with van der Waals surface area (Å²) in [4.78, 5) is 11.3. The van der Waals surface area contributed by atoms with E-state index in [2.05, 4.69) is 98.8 Å². The zero-order valence-corrected chi connectivity index (χ0v) is 28.1. The van der Waals surface area contributed by atoms with Crippen molar-refractivity contribution in [2.75, 3.05) is 0 Å². The Morgan fingerprint density at radius 1 is 0.381 bits per heavy atom. The Labute approximate surface area is 267 Å². The predicted octanol–water partition coefficient (Wildman–Crippen LogP) is 14.0. The summed E-state index contributed by atoms with van der Waals surface area (Å²) in [5.41, 5.74) is 2.62. The minimum Gasteiger partial charge on any atom is -0.139 e. The lowest BCUT2D eigenvalue weighted by molar-refractivity contribution is 0.670. The Hall–Kier alpha value is -2.50. The summed E-state index contributed by atoms with van der Waals surface area (Å²) >= 11 is 7.77. The Morgan fingerprint density at radius 2 is 0.786 bits per heavy atom. The van der Waals surface area contributed by atoms with Crippen molar-refractivity contribution in [2.24, 2.45) is 0 Å². The molecule has 0 aliphatic rings. The van der Waals surface area contributed by atoms with Crippen molar-refractivity contribution < 1.29 is 0 Å². The second kappa shape index (κ2) is 14.3. The van der Waals surface area contributed by atoms with Gasteiger partial charge >= 0.3 is 0 Å². The molecule has 0 amide bonds. The van der Waals surface area contributed by atoms with Gasteiger partial charge in [-0.3, -0.25) is 0 Å². The Morgan fingerprint density at radius 3 is 1.24 bits per heavy atom.